The zero-order valence-electron chi connectivity index (χ0n) is 8.69. The number of sulfonamides is 1. The highest BCUT2D eigenvalue weighted by atomic mass is 35.5. The Kier molecular flexibility index (Phi) is 5.14. The maximum atomic E-state index is 11.7. The van der Waals surface area contributed by atoms with Crippen LogP contribution in [0, 0.1) is 0 Å². The highest BCUT2D eigenvalue weighted by Gasteiger charge is 2.12. The Bertz CT molecular complexity index is 419. The first-order valence-electron chi connectivity index (χ1n) is 4.87. The minimum atomic E-state index is -3.47. The standard InChI is InChI=1S/C9H14ClN3O2S/c10-9-4-3-8(7-12-9)16(14,15)13-6-2-1-5-11/h3-4,7,13H,1-2,5-6,11H2. The number of unbranched alkanes of at least 4 members (excludes halogenated alkanes) is 1. The van der Waals surface area contributed by atoms with Crippen molar-refractivity contribution in [3.05, 3.63) is 23.5 Å². The predicted octanol–water partition coefficient (Wildman–Crippen LogP) is 0.752. The van der Waals surface area contributed by atoms with E-state index in [4.69, 9.17) is 17.3 Å². The van der Waals surface area contributed by atoms with Crippen LogP contribution in [0.3, 0.4) is 0 Å². The van der Waals surface area contributed by atoms with Crippen LogP contribution in [0.25, 0.3) is 0 Å². The van der Waals surface area contributed by atoms with Crippen LogP contribution in [0.15, 0.2) is 23.2 Å². The Morgan fingerprint density at radius 2 is 2.12 bits per heavy atom. The molecule has 0 aromatic carbocycles. The summed E-state index contributed by atoms with van der Waals surface area (Å²) in [6, 6.07) is 2.86. The lowest BCUT2D eigenvalue weighted by atomic mass is 10.3. The summed E-state index contributed by atoms with van der Waals surface area (Å²) >= 11 is 5.57. The van der Waals surface area contributed by atoms with Gasteiger partial charge in [-0.2, -0.15) is 0 Å². The summed E-state index contributed by atoms with van der Waals surface area (Å²) in [5, 5.41) is 0.266. The molecule has 0 bridgehead atoms. The molecule has 1 aromatic heterocycles. The lowest BCUT2D eigenvalue weighted by Crippen LogP contribution is -2.25. The molecule has 0 fully saturated rings. The van der Waals surface area contributed by atoms with E-state index in [1.165, 1.54) is 18.3 Å². The van der Waals surface area contributed by atoms with Gasteiger partial charge < -0.3 is 5.73 Å². The number of halogens is 1. The van der Waals surface area contributed by atoms with E-state index in [-0.39, 0.29) is 10.0 Å². The van der Waals surface area contributed by atoms with E-state index in [0.717, 1.165) is 12.8 Å². The molecule has 3 N–H and O–H groups in total. The fourth-order valence-corrected chi connectivity index (χ4v) is 2.21. The van der Waals surface area contributed by atoms with Crippen molar-refractivity contribution in [1.29, 1.82) is 0 Å². The number of rotatable bonds is 6. The molecule has 7 heteroatoms. The van der Waals surface area contributed by atoms with Crippen LogP contribution < -0.4 is 10.5 Å². The Morgan fingerprint density at radius 1 is 1.38 bits per heavy atom. The summed E-state index contributed by atoms with van der Waals surface area (Å²) in [5.41, 5.74) is 5.30. The Hall–Kier alpha value is -0.690. The van der Waals surface area contributed by atoms with Gasteiger partial charge in [-0.25, -0.2) is 18.1 Å². The molecule has 16 heavy (non-hydrogen) atoms. The van der Waals surface area contributed by atoms with Gasteiger partial charge in [0.2, 0.25) is 10.0 Å². The van der Waals surface area contributed by atoms with Gasteiger partial charge in [0.1, 0.15) is 10.0 Å². The van der Waals surface area contributed by atoms with Crippen molar-refractivity contribution in [1.82, 2.24) is 9.71 Å². The highest BCUT2D eigenvalue weighted by molar-refractivity contribution is 7.89. The van der Waals surface area contributed by atoms with Crippen molar-refractivity contribution in [3.8, 4) is 0 Å². The number of nitrogens with one attached hydrogen (secondary N) is 1. The molecule has 1 aromatic rings. The predicted molar refractivity (Wildman–Crippen MR) is 62.7 cm³/mol. The summed E-state index contributed by atoms with van der Waals surface area (Å²) in [6.07, 6.45) is 2.74. The fraction of sp³-hybridized carbons (Fsp3) is 0.444. The van der Waals surface area contributed by atoms with Crippen LogP contribution in [0.1, 0.15) is 12.8 Å². The lowest BCUT2D eigenvalue weighted by molar-refractivity contribution is 0.576. The first kappa shape index (κ1) is 13.4. The molecule has 1 heterocycles. The first-order chi connectivity index (χ1) is 7.56. The van der Waals surface area contributed by atoms with Crippen LogP contribution in [0.5, 0.6) is 0 Å². The maximum Gasteiger partial charge on any atom is 0.242 e. The van der Waals surface area contributed by atoms with E-state index in [1.54, 1.807) is 0 Å². The van der Waals surface area contributed by atoms with Crippen LogP contribution >= 0.6 is 11.6 Å². The maximum absolute atomic E-state index is 11.7. The number of hydrogen-bond donors (Lipinski definition) is 2. The van der Waals surface area contributed by atoms with Gasteiger partial charge in [-0.3, -0.25) is 0 Å². The lowest BCUT2D eigenvalue weighted by Gasteiger charge is -2.05. The van der Waals surface area contributed by atoms with Crippen molar-refractivity contribution in [2.24, 2.45) is 5.73 Å². The molecule has 90 valence electrons. The molecule has 0 aliphatic carbocycles. The topological polar surface area (TPSA) is 85.1 Å². The van der Waals surface area contributed by atoms with Crippen molar-refractivity contribution in [2.75, 3.05) is 13.1 Å². The van der Waals surface area contributed by atoms with E-state index < -0.39 is 10.0 Å². The molecule has 0 saturated heterocycles. The number of hydrogen-bond acceptors (Lipinski definition) is 4. The largest absolute Gasteiger partial charge is 0.330 e. The zero-order valence-corrected chi connectivity index (χ0v) is 10.3. The number of nitrogens with two attached hydrogens (primary N) is 1. The van der Waals surface area contributed by atoms with Gasteiger partial charge in [0.15, 0.2) is 0 Å². The summed E-state index contributed by atoms with van der Waals surface area (Å²) < 4.78 is 25.8. The molecular weight excluding hydrogens is 250 g/mol. The van der Waals surface area contributed by atoms with Crippen LogP contribution in [0.4, 0.5) is 0 Å². The number of pyridine rings is 1. The van der Waals surface area contributed by atoms with E-state index in [1.807, 2.05) is 0 Å². The summed E-state index contributed by atoms with van der Waals surface area (Å²) in [5.74, 6) is 0. The van der Waals surface area contributed by atoms with E-state index in [9.17, 15) is 8.42 Å². The van der Waals surface area contributed by atoms with E-state index in [0.29, 0.717) is 13.1 Å². The first-order valence-corrected chi connectivity index (χ1v) is 6.73. The van der Waals surface area contributed by atoms with Crippen molar-refractivity contribution in [3.63, 3.8) is 0 Å². The van der Waals surface area contributed by atoms with Crippen LogP contribution in [-0.2, 0) is 10.0 Å². The monoisotopic (exact) mass is 263 g/mol. The summed E-state index contributed by atoms with van der Waals surface area (Å²) in [4.78, 5) is 3.83. The van der Waals surface area contributed by atoms with Crippen molar-refractivity contribution in [2.45, 2.75) is 17.7 Å². The second-order valence-electron chi connectivity index (χ2n) is 3.21. The molecule has 0 radical (unpaired) electrons. The molecule has 5 nitrogen and oxygen atoms in total. The molecule has 1 rings (SSSR count). The molecule has 0 aliphatic heterocycles. The Morgan fingerprint density at radius 3 is 2.69 bits per heavy atom. The third-order valence-electron chi connectivity index (χ3n) is 1.93. The zero-order chi connectivity index (χ0) is 12.0. The normalized spacial score (nSPS) is 11.6. The van der Waals surface area contributed by atoms with Gasteiger partial charge in [-0.15, -0.1) is 0 Å². The second-order valence-corrected chi connectivity index (χ2v) is 5.36. The molecule has 0 unspecified atom stereocenters. The quantitative estimate of drug-likeness (QED) is 0.586. The van der Waals surface area contributed by atoms with Gasteiger partial charge in [-0.05, 0) is 31.5 Å². The summed E-state index contributed by atoms with van der Waals surface area (Å²) in [7, 11) is -3.47. The van der Waals surface area contributed by atoms with Crippen molar-refractivity contribution >= 4 is 21.6 Å². The molecule has 0 atom stereocenters. The van der Waals surface area contributed by atoms with Gasteiger partial charge in [-0.1, -0.05) is 11.6 Å². The number of aromatic nitrogens is 1. The second kappa shape index (κ2) is 6.15. The smallest absolute Gasteiger partial charge is 0.242 e. The highest BCUT2D eigenvalue weighted by Crippen LogP contribution is 2.10. The van der Waals surface area contributed by atoms with E-state index in [2.05, 4.69) is 9.71 Å². The Balaban J connectivity index is 2.60. The molecule has 0 amide bonds. The van der Waals surface area contributed by atoms with Gasteiger partial charge in [0.25, 0.3) is 0 Å². The van der Waals surface area contributed by atoms with E-state index >= 15 is 0 Å². The molecule has 0 aliphatic rings. The summed E-state index contributed by atoms with van der Waals surface area (Å²) in [6.45, 7) is 0.937. The van der Waals surface area contributed by atoms with Crippen LogP contribution in [-0.4, -0.2) is 26.5 Å². The van der Waals surface area contributed by atoms with Gasteiger partial charge in [0.05, 0.1) is 0 Å². The Labute approximate surface area is 100 Å². The average molecular weight is 264 g/mol. The fourth-order valence-electron chi connectivity index (χ4n) is 1.08. The number of nitrogens with zero attached hydrogens (tertiary/aromatic N) is 1. The molecule has 0 spiro atoms. The third kappa shape index (κ3) is 4.05. The third-order valence-corrected chi connectivity index (χ3v) is 3.60. The van der Waals surface area contributed by atoms with Gasteiger partial charge >= 0.3 is 0 Å². The molecule has 0 saturated carbocycles. The average Bonchev–Trinajstić information content (AvgIpc) is 2.25. The van der Waals surface area contributed by atoms with Crippen LogP contribution in [0.2, 0.25) is 5.15 Å². The SMILES string of the molecule is NCCCCNS(=O)(=O)c1ccc(Cl)nc1. The minimum Gasteiger partial charge on any atom is -0.330 e. The molecular formula is C9H14ClN3O2S. The minimum absolute atomic E-state index is 0.115. The van der Waals surface area contributed by atoms with Crippen molar-refractivity contribution < 1.29 is 8.42 Å². The van der Waals surface area contributed by atoms with Gasteiger partial charge in [0, 0.05) is 12.7 Å².